The maximum absolute atomic E-state index is 5.26. The highest BCUT2D eigenvalue weighted by molar-refractivity contribution is 5.85. The second-order valence-electron chi connectivity index (χ2n) is 15.4. The number of nitrogens with zero attached hydrogens (tertiary/aromatic N) is 5. The smallest absolute Gasteiger partial charge is 0.164 e. The topological polar surface area (TPSA) is 64.5 Å². The quantitative estimate of drug-likeness (QED) is 0.179. The van der Waals surface area contributed by atoms with Crippen LogP contribution >= 0.6 is 0 Å². The summed E-state index contributed by atoms with van der Waals surface area (Å²) in [5.74, 6) is 1.86. The minimum Gasteiger partial charge on any atom is -0.256 e. The third-order valence-electron chi connectivity index (χ3n) is 11.4. The fourth-order valence-electron chi connectivity index (χ4n) is 8.57. The molecule has 0 saturated heterocycles. The number of fused-ring (bicyclic) bond motifs is 6. The van der Waals surface area contributed by atoms with E-state index in [1.54, 1.807) is 0 Å². The first kappa shape index (κ1) is 32.1. The average Bonchev–Trinajstić information content (AvgIpc) is 3.60. The summed E-state index contributed by atoms with van der Waals surface area (Å²) < 4.78 is 0. The summed E-state index contributed by atoms with van der Waals surface area (Å²) in [5, 5.41) is 0. The largest absolute Gasteiger partial charge is 0.256 e. The average molecular weight is 696 g/mol. The number of aromatic nitrogens is 5. The lowest BCUT2D eigenvalue weighted by Gasteiger charge is -2.22. The Kier molecular flexibility index (Phi) is 7.11. The first-order chi connectivity index (χ1) is 26.3. The molecule has 2 aliphatic rings. The van der Waals surface area contributed by atoms with Gasteiger partial charge in [-0.25, -0.2) is 15.0 Å². The third kappa shape index (κ3) is 5.03. The van der Waals surface area contributed by atoms with Crippen molar-refractivity contribution in [3.63, 3.8) is 0 Å². The van der Waals surface area contributed by atoms with Crippen LogP contribution in [0.3, 0.4) is 0 Å². The summed E-state index contributed by atoms with van der Waals surface area (Å²) in [5.41, 5.74) is 16.5. The van der Waals surface area contributed by atoms with Gasteiger partial charge in [0.2, 0.25) is 0 Å². The third-order valence-corrected chi connectivity index (χ3v) is 11.4. The Morgan fingerprint density at radius 2 is 0.722 bits per heavy atom. The lowest BCUT2D eigenvalue weighted by molar-refractivity contribution is 0.660. The summed E-state index contributed by atoms with van der Waals surface area (Å²) in [6, 6.07) is 49.1. The Bertz CT molecular complexity index is 2580. The fourth-order valence-corrected chi connectivity index (χ4v) is 8.57. The van der Waals surface area contributed by atoms with Crippen LogP contribution < -0.4 is 0 Å². The van der Waals surface area contributed by atoms with Gasteiger partial charge >= 0.3 is 0 Å². The molecule has 0 aliphatic heterocycles. The molecular weight excluding hydrogens is 659 g/mol. The van der Waals surface area contributed by atoms with Gasteiger partial charge in [-0.3, -0.25) is 9.97 Å². The van der Waals surface area contributed by atoms with E-state index in [1.165, 1.54) is 44.5 Å². The van der Waals surface area contributed by atoms with Crippen LogP contribution in [0.4, 0.5) is 0 Å². The van der Waals surface area contributed by atoms with Gasteiger partial charge in [-0.05, 0) is 99.1 Å². The van der Waals surface area contributed by atoms with Crippen molar-refractivity contribution in [3.05, 3.63) is 174 Å². The Hall–Kier alpha value is -6.59. The molecule has 10 rings (SSSR count). The van der Waals surface area contributed by atoms with E-state index < -0.39 is 0 Å². The maximum atomic E-state index is 5.26. The zero-order chi connectivity index (χ0) is 36.6. The summed E-state index contributed by atoms with van der Waals surface area (Å²) in [6.07, 6.45) is 3.64. The van der Waals surface area contributed by atoms with Gasteiger partial charge in [0.15, 0.2) is 17.5 Å². The first-order valence-corrected chi connectivity index (χ1v) is 18.5. The molecule has 5 nitrogen and oxygen atoms in total. The van der Waals surface area contributed by atoms with E-state index in [0.717, 1.165) is 39.2 Å². The molecule has 0 fully saturated rings. The van der Waals surface area contributed by atoms with Gasteiger partial charge in [-0.1, -0.05) is 113 Å². The summed E-state index contributed by atoms with van der Waals surface area (Å²) >= 11 is 0. The normalized spacial score (nSPS) is 14.2. The monoisotopic (exact) mass is 695 g/mol. The van der Waals surface area contributed by atoms with E-state index in [2.05, 4.69) is 131 Å². The summed E-state index contributed by atoms with van der Waals surface area (Å²) in [6.45, 7) is 9.22. The second-order valence-corrected chi connectivity index (χ2v) is 15.4. The van der Waals surface area contributed by atoms with E-state index in [1.807, 2.05) is 48.8 Å². The fraction of sp³-hybridized carbons (Fsp3) is 0.122. The lowest BCUT2D eigenvalue weighted by atomic mass is 9.82. The van der Waals surface area contributed by atoms with Crippen LogP contribution in [0.2, 0.25) is 0 Å². The van der Waals surface area contributed by atoms with Crippen LogP contribution in [-0.2, 0) is 10.8 Å². The number of pyridine rings is 2. The van der Waals surface area contributed by atoms with Gasteiger partial charge in [0.25, 0.3) is 0 Å². The zero-order valence-electron chi connectivity index (χ0n) is 30.7. The molecule has 54 heavy (non-hydrogen) atoms. The van der Waals surface area contributed by atoms with Crippen molar-refractivity contribution in [1.29, 1.82) is 0 Å². The van der Waals surface area contributed by atoms with Crippen molar-refractivity contribution in [2.45, 2.75) is 38.5 Å². The van der Waals surface area contributed by atoms with Gasteiger partial charge in [-0.2, -0.15) is 0 Å². The van der Waals surface area contributed by atoms with Crippen molar-refractivity contribution in [1.82, 2.24) is 24.9 Å². The van der Waals surface area contributed by atoms with E-state index in [4.69, 9.17) is 24.9 Å². The van der Waals surface area contributed by atoms with Gasteiger partial charge in [0.05, 0.1) is 11.4 Å². The molecule has 0 N–H and O–H groups in total. The molecule has 0 saturated carbocycles. The molecule has 8 aromatic rings. The van der Waals surface area contributed by atoms with Gasteiger partial charge in [0.1, 0.15) is 0 Å². The molecule has 0 unspecified atom stereocenters. The standard InChI is InChI=1S/C49H37N5/c1-48(2)39-15-7-5-13-35(39)37-21-19-30(28-41(37)48)45-52-46(31-20-22-38-36-14-6-8-16-40(36)49(3,4)42(38)29-31)54-47(53-45)34-26-32(43-17-9-11-23-50-43)25-33(27-34)44-18-10-12-24-51-44/h5-29H,1-4H3. The lowest BCUT2D eigenvalue weighted by Crippen LogP contribution is -2.15. The number of hydrogen-bond acceptors (Lipinski definition) is 5. The SMILES string of the molecule is CC1(C)c2ccccc2-c2ccc(-c3nc(-c4cc(-c5ccccn5)cc(-c5ccccn5)c4)nc(-c4ccc5c(c4)C(C)(C)c4ccccc4-5)n3)cc21. The molecule has 3 heterocycles. The van der Waals surface area contributed by atoms with Crippen LogP contribution in [0.5, 0.6) is 0 Å². The second kappa shape index (κ2) is 12.0. The molecule has 3 aromatic heterocycles. The van der Waals surface area contributed by atoms with Crippen LogP contribution in [0.1, 0.15) is 49.9 Å². The molecule has 5 aromatic carbocycles. The van der Waals surface area contributed by atoms with Crippen LogP contribution in [0, 0.1) is 0 Å². The van der Waals surface area contributed by atoms with E-state index in [9.17, 15) is 0 Å². The highest BCUT2D eigenvalue weighted by Crippen LogP contribution is 2.51. The Balaban J connectivity index is 1.19. The highest BCUT2D eigenvalue weighted by atomic mass is 15.0. The Morgan fingerprint density at radius 3 is 1.17 bits per heavy atom. The van der Waals surface area contributed by atoms with E-state index in [-0.39, 0.29) is 10.8 Å². The number of benzene rings is 5. The highest BCUT2D eigenvalue weighted by Gasteiger charge is 2.37. The van der Waals surface area contributed by atoms with Gasteiger partial charge in [-0.15, -0.1) is 0 Å². The first-order valence-electron chi connectivity index (χ1n) is 18.5. The molecule has 0 radical (unpaired) electrons. The van der Waals surface area contributed by atoms with E-state index >= 15 is 0 Å². The van der Waals surface area contributed by atoms with Crippen molar-refractivity contribution in [2.75, 3.05) is 0 Å². The molecule has 2 aliphatic carbocycles. The Morgan fingerprint density at radius 1 is 0.333 bits per heavy atom. The van der Waals surface area contributed by atoms with Crippen molar-refractivity contribution in [3.8, 4) is 78.9 Å². The molecule has 258 valence electrons. The van der Waals surface area contributed by atoms with Crippen molar-refractivity contribution >= 4 is 0 Å². The minimum atomic E-state index is -0.157. The van der Waals surface area contributed by atoms with Gasteiger partial charge in [0, 0.05) is 51.0 Å². The molecule has 0 atom stereocenters. The number of rotatable bonds is 5. The van der Waals surface area contributed by atoms with E-state index in [0.29, 0.717) is 17.5 Å². The predicted octanol–water partition coefficient (Wildman–Crippen LogP) is 11.6. The molecule has 5 heteroatoms. The minimum absolute atomic E-state index is 0.157. The maximum Gasteiger partial charge on any atom is 0.164 e. The molecule has 0 amide bonds. The van der Waals surface area contributed by atoms with Crippen molar-refractivity contribution < 1.29 is 0 Å². The molecule has 0 spiro atoms. The predicted molar refractivity (Wildman–Crippen MR) is 218 cm³/mol. The number of hydrogen-bond donors (Lipinski definition) is 0. The summed E-state index contributed by atoms with van der Waals surface area (Å²) in [4.78, 5) is 25.2. The van der Waals surface area contributed by atoms with Gasteiger partial charge < -0.3 is 0 Å². The molecule has 0 bridgehead atoms. The summed E-state index contributed by atoms with van der Waals surface area (Å²) in [7, 11) is 0. The molecular formula is C49H37N5. The van der Waals surface area contributed by atoms with Crippen LogP contribution in [0.15, 0.2) is 152 Å². The van der Waals surface area contributed by atoms with Crippen LogP contribution in [-0.4, -0.2) is 24.9 Å². The van der Waals surface area contributed by atoms with Crippen molar-refractivity contribution in [2.24, 2.45) is 0 Å². The van der Waals surface area contributed by atoms with Crippen LogP contribution in [0.25, 0.3) is 78.9 Å². The Labute approximate surface area is 315 Å². The zero-order valence-corrected chi connectivity index (χ0v) is 30.7.